The number of rotatable bonds is 5. The molecule has 0 heterocycles. The summed E-state index contributed by atoms with van der Waals surface area (Å²) in [4.78, 5) is 0.0452. The molecular weight excluding hydrogens is 356 g/mol. The summed E-state index contributed by atoms with van der Waals surface area (Å²) in [7, 11) is -3.68. The van der Waals surface area contributed by atoms with Crippen LogP contribution >= 0.6 is 15.9 Å². The van der Waals surface area contributed by atoms with Crippen LogP contribution in [0.4, 0.5) is 5.69 Å². The second kappa shape index (κ2) is 6.57. The molecule has 0 saturated carbocycles. The van der Waals surface area contributed by atoms with E-state index in [-0.39, 0.29) is 23.7 Å². The average Bonchev–Trinajstić information content (AvgIpc) is 2.48. The number of anilines is 1. The molecule has 2 aromatic rings. The highest BCUT2D eigenvalue weighted by Gasteiger charge is 2.17. The number of nitrogen functional groups attached to an aromatic ring is 1. The fourth-order valence-corrected chi connectivity index (χ4v) is 3.44. The van der Waals surface area contributed by atoms with Crippen molar-refractivity contribution in [2.75, 3.05) is 5.73 Å². The van der Waals surface area contributed by atoms with Crippen molar-refractivity contribution in [3.63, 3.8) is 0 Å². The van der Waals surface area contributed by atoms with Gasteiger partial charge in [0.15, 0.2) is 0 Å². The van der Waals surface area contributed by atoms with E-state index in [4.69, 9.17) is 10.8 Å². The Labute approximate surface area is 132 Å². The van der Waals surface area contributed by atoms with Gasteiger partial charge in [-0.25, -0.2) is 13.1 Å². The molecule has 2 rings (SSSR count). The molecule has 0 aliphatic rings. The van der Waals surface area contributed by atoms with E-state index in [9.17, 15) is 8.42 Å². The van der Waals surface area contributed by atoms with Crippen molar-refractivity contribution in [3.8, 4) is 0 Å². The van der Waals surface area contributed by atoms with Gasteiger partial charge in [-0.15, -0.1) is 0 Å². The van der Waals surface area contributed by atoms with Crippen LogP contribution in [0.3, 0.4) is 0 Å². The first-order chi connectivity index (χ1) is 9.92. The number of aliphatic hydroxyl groups excluding tert-OH is 1. The monoisotopic (exact) mass is 370 g/mol. The molecule has 0 unspecified atom stereocenters. The largest absolute Gasteiger partial charge is 0.398 e. The normalized spacial score (nSPS) is 11.5. The summed E-state index contributed by atoms with van der Waals surface area (Å²) in [6.45, 7) is 0.112. The SMILES string of the molecule is Nc1ccc(Br)cc1S(=O)(=O)NCc1ccc(CO)cc1. The molecule has 0 aromatic heterocycles. The van der Waals surface area contributed by atoms with Crippen LogP contribution in [0.15, 0.2) is 51.8 Å². The van der Waals surface area contributed by atoms with Gasteiger partial charge in [0.2, 0.25) is 10.0 Å². The van der Waals surface area contributed by atoms with Crippen molar-refractivity contribution in [3.05, 3.63) is 58.1 Å². The molecule has 0 radical (unpaired) electrons. The maximum Gasteiger partial charge on any atom is 0.242 e. The van der Waals surface area contributed by atoms with Crippen molar-refractivity contribution in [1.29, 1.82) is 0 Å². The topological polar surface area (TPSA) is 92.4 Å². The minimum Gasteiger partial charge on any atom is -0.398 e. The summed E-state index contributed by atoms with van der Waals surface area (Å²) >= 11 is 3.23. The zero-order valence-electron chi connectivity index (χ0n) is 11.1. The van der Waals surface area contributed by atoms with Gasteiger partial charge in [-0.3, -0.25) is 0 Å². The maximum absolute atomic E-state index is 12.2. The number of hydrogen-bond acceptors (Lipinski definition) is 4. The highest BCUT2D eigenvalue weighted by atomic mass is 79.9. The Morgan fingerprint density at radius 3 is 2.33 bits per heavy atom. The molecule has 2 aromatic carbocycles. The van der Waals surface area contributed by atoms with Crippen molar-refractivity contribution in [2.45, 2.75) is 18.0 Å². The van der Waals surface area contributed by atoms with E-state index in [0.717, 1.165) is 11.1 Å². The fourth-order valence-electron chi connectivity index (χ4n) is 1.76. The zero-order valence-corrected chi connectivity index (χ0v) is 13.5. The van der Waals surface area contributed by atoms with Gasteiger partial charge in [0.1, 0.15) is 4.90 Å². The Morgan fingerprint density at radius 1 is 1.10 bits per heavy atom. The van der Waals surface area contributed by atoms with E-state index in [1.165, 1.54) is 12.1 Å². The van der Waals surface area contributed by atoms with Gasteiger partial charge in [0.05, 0.1) is 12.3 Å². The van der Waals surface area contributed by atoms with Crippen LogP contribution in [-0.2, 0) is 23.2 Å². The van der Waals surface area contributed by atoms with Crippen molar-refractivity contribution in [1.82, 2.24) is 4.72 Å². The lowest BCUT2D eigenvalue weighted by molar-refractivity contribution is 0.282. The molecule has 0 aliphatic carbocycles. The predicted octanol–water partition coefficient (Wildman–Crippen LogP) is 2.00. The molecule has 0 bridgehead atoms. The van der Waals surface area contributed by atoms with Crippen molar-refractivity contribution in [2.24, 2.45) is 0 Å². The minimum atomic E-state index is -3.68. The number of sulfonamides is 1. The molecule has 7 heteroatoms. The van der Waals surface area contributed by atoms with Crippen LogP contribution in [0.2, 0.25) is 0 Å². The van der Waals surface area contributed by atoms with Gasteiger partial charge in [-0.1, -0.05) is 40.2 Å². The number of benzene rings is 2. The first kappa shape index (κ1) is 16.0. The molecule has 21 heavy (non-hydrogen) atoms. The van der Waals surface area contributed by atoms with Gasteiger partial charge in [-0.2, -0.15) is 0 Å². The minimum absolute atomic E-state index is 0.0411. The van der Waals surface area contributed by atoms with Crippen LogP contribution in [0, 0.1) is 0 Å². The summed E-state index contributed by atoms with van der Waals surface area (Å²) in [6, 6.07) is 11.7. The van der Waals surface area contributed by atoms with Gasteiger partial charge in [0.25, 0.3) is 0 Å². The average molecular weight is 371 g/mol. The lowest BCUT2D eigenvalue weighted by Crippen LogP contribution is -2.24. The highest BCUT2D eigenvalue weighted by molar-refractivity contribution is 9.10. The van der Waals surface area contributed by atoms with Crippen LogP contribution < -0.4 is 10.5 Å². The number of aliphatic hydroxyl groups is 1. The molecule has 5 nitrogen and oxygen atoms in total. The maximum atomic E-state index is 12.2. The summed E-state index contributed by atoms with van der Waals surface area (Å²) in [5.74, 6) is 0. The van der Waals surface area contributed by atoms with Gasteiger partial charge in [0, 0.05) is 11.0 Å². The van der Waals surface area contributed by atoms with Gasteiger partial charge in [-0.05, 0) is 29.3 Å². The second-order valence-corrected chi connectivity index (χ2v) is 7.13. The van der Waals surface area contributed by atoms with Crippen molar-refractivity contribution >= 4 is 31.6 Å². The molecule has 0 saturated heterocycles. The molecule has 0 spiro atoms. The van der Waals surface area contributed by atoms with Crippen LogP contribution in [-0.4, -0.2) is 13.5 Å². The lowest BCUT2D eigenvalue weighted by Gasteiger charge is -2.10. The third-order valence-electron chi connectivity index (χ3n) is 2.94. The Kier molecular flexibility index (Phi) is 5.00. The zero-order chi connectivity index (χ0) is 15.5. The Morgan fingerprint density at radius 2 is 1.71 bits per heavy atom. The Bertz CT molecular complexity index is 730. The molecule has 0 amide bonds. The molecular formula is C14H15BrN2O3S. The Hall–Kier alpha value is -1.41. The van der Waals surface area contributed by atoms with Crippen LogP contribution in [0.1, 0.15) is 11.1 Å². The summed E-state index contributed by atoms with van der Waals surface area (Å²) in [6.07, 6.45) is 0. The van der Waals surface area contributed by atoms with Crippen LogP contribution in [0.5, 0.6) is 0 Å². The molecule has 0 atom stereocenters. The highest BCUT2D eigenvalue weighted by Crippen LogP contribution is 2.23. The van der Waals surface area contributed by atoms with Gasteiger partial charge < -0.3 is 10.8 Å². The van der Waals surface area contributed by atoms with Crippen molar-refractivity contribution < 1.29 is 13.5 Å². The van der Waals surface area contributed by atoms with E-state index in [1.807, 2.05) is 0 Å². The predicted molar refractivity (Wildman–Crippen MR) is 84.9 cm³/mol. The summed E-state index contributed by atoms with van der Waals surface area (Å²) in [5.41, 5.74) is 7.48. The smallest absolute Gasteiger partial charge is 0.242 e. The van der Waals surface area contributed by atoms with Gasteiger partial charge >= 0.3 is 0 Å². The summed E-state index contributed by atoms with van der Waals surface area (Å²) < 4.78 is 27.6. The van der Waals surface area contributed by atoms with E-state index in [2.05, 4.69) is 20.7 Å². The second-order valence-electron chi connectivity index (χ2n) is 4.48. The molecule has 0 fully saturated rings. The first-order valence-corrected chi connectivity index (χ1v) is 8.43. The number of nitrogens with two attached hydrogens (primary N) is 1. The standard InChI is InChI=1S/C14H15BrN2O3S/c15-12-5-6-13(16)14(7-12)21(19,20)17-8-10-1-3-11(9-18)4-2-10/h1-7,17-18H,8-9,16H2. The number of hydrogen-bond donors (Lipinski definition) is 3. The van der Waals surface area contributed by atoms with E-state index in [1.54, 1.807) is 30.3 Å². The third kappa shape index (κ3) is 4.04. The quantitative estimate of drug-likeness (QED) is 0.701. The molecule has 112 valence electrons. The summed E-state index contributed by atoms with van der Waals surface area (Å²) in [5, 5.41) is 8.96. The fraction of sp³-hybridized carbons (Fsp3) is 0.143. The van der Waals surface area contributed by atoms with E-state index >= 15 is 0 Å². The number of nitrogens with one attached hydrogen (secondary N) is 1. The van der Waals surface area contributed by atoms with E-state index in [0.29, 0.717) is 4.47 Å². The molecule has 4 N–H and O–H groups in total. The number of halogens is 1. The van der Waals surface area contributed by atoms with Crippen LogP contribution in [0.25, 0.3) is 0 Å². The Balaban J connectivity index is 2.15. The lowest BCUT2D eigenvalue weighted by atomic mass is 10.1. The third-order valence-corrected chi connectivity index (χ3v) is 4.89. The molecule has 0 aliphatic heterocycles. The van der Waals surface area contributed by atoms with E-state index < -0.39 is 10.0 Å². The first-order valence-electron chi connectivity index (χ1n) is 6.16.